The summed E-state index contributed by atoms with van der Waals surface area (Å²) in [6.45, 7) is 2.31. The van der Waals surface area contributed by atoms with Crippen molar-refractivity contribution in [3.8, 4) is 0 Å². The summed E-state index contributed by atoms with van der Waals surface area (Å²) in [6, 6.07) is 18.2. The first kappa shape index (κ1) is 13.2. The summed E-state index contributed by atoms with van der Waals surface area (Å²) in [5.74, 6) is 0. The lowest BCUT2D eigenvalue weighted by Crippen LogP contribution is -2.29. The van der Waals surface area contributed by atoms with Crippen LogP contribution in [0.5, 0.6) is 0 Å². The van der Waals surface area contributed by atoms with Crippen LogP contribution in [0.3, 0.4) is 0 Å². The Hall–Kier alpha value is -1.80. The Morgan fingerprint density at radius 2 is 1.35 bits per heavy atom. The first-order valence-electron chi connectivity index (χ1n) is 7.42. The molecule has 1 fully saturated rings. The highest BCUT2D eigenvalue weighted by Crippen LogP contribution is 2.25. The summed E-state index contributed by atoms with van der Waals surface area (Å²) in [4.78, 5) is 2.43. The van der Waals surface area contributed by atoms with Crippen molar-refractivity contribution in [2.45, 2.75) is 25.4 Å². The number of hydrogen-bond donors (Lipinski definition) is 1. The van der Waals surface area contributed by atoms with E-state index in [1.807, 2.05) is 42.5 Å². The lowest BCUT2D eigenvalue weighted by atomic mass is 10.0. The Morgan fingerprint density at radius 3 is 2.00 bits per heavy atom. The summed E-state index contributed by atoms with van der Waals surface area (Å²) in [6.07, 6.45) is 3.39. The van der Waals surface area contributed by atoms with Crippen LogP contribution >= 0.6 is 0 Å². The fraction of sp³-hybridized carbons (Fsp3) is 0.333. The third-order valence-electron chi connectivity index (χ3n) is 4.05. The molecule has 0 radical (unpaired) electrons. The van der Waals surface area contributed by atoms with Gasteiger partial charge in [-0.15, -0.1) is 0 Å². The quantitative estimate of drug-likeness (QED) is 0.915. The van der Waals surface area contributed by atoms with Gasteiger partial charge in [-0.25, -0.2) is 0 Å². The number of piperidine rings is 1. The molecular formula is C18H21NO. The van der Waals surface area contributed by atoms with E-state index in [1.54, 1.807) is 0 Å². The van der Waals surface area contributed by atoms with Crippen LogP contribution in [0.15, 0.2) is 54.6 Å². The van der Waals surface area contributed by atoms with E-state index in [9.17, 15) is 5.11 Å². The van der Waals surface area contributed by atoms with Crippen LogP contribution in [0.4, 0.5) is 5.69 Å². The van der Waals surface area contributed by atoms with E-state index >= 15 is 0 Å². The van der Waals surface area contributed by atoms with E-state index < -0.39 is 6.10 Å². The monoisotopic (exact) mass is 267 g/mol. The van der Waals surface area contributed by atoms with Gasteiger partial charge in [0, 0.05) is 18.8 Å². The summed E-state index contributed by atoms with van der Waals surface area (Å²) in [5.41, 5.74) is 3.17. The summed E-state index contributed by atoms with van der Waals surface area (Å²) in [5, 5.41) is 10.4. The Labute approximate surface area is 120 Å². The average Bonchev–Trinajstić information content (AvgIpc) is 2.56. The van der Waals surface area contributed by atoms with Gasteiger partial charge in [0.2, 0.25) is 0 Å². The molecule has 2 heteroatoms. The van der Waals surface area contributed by atoms with Crippen molar-refractivity contribution in [2.24, 2.45) is 0 Å². The molecule has 1 saturated heterocycles. The topological polar surface area (TPSA) is 23.5 Å². The lowest BCUT2D eigenvalue weighted by molar-refractivity contribution is 0.220. The lowest BCUT2D eigenvalue weighted by Gasteiger charge is -2.29. The molecule has 0 aliphatic carbocycles. The Bertz CT molecular complexity index is 529. The molecule has 2 aromatic rings. The molecule has 1 aliphatic rings. The van der Waals surface area contributed by atoms with Gasteiger partial charge in [-0.1, -0.05) is 42.5 Å². The zero-order chi connectivity index (χ0) is 13.8. The normalized spacial score (nSPS) is 16.9. The van der Waals surface area contributed by atoms with E-state index in [2.05, 4.69) is 17.0 Å². The SMILES string of the molecule is OC(c1ccccc1)c1ccc(N2CCCCC2)cc1. The van der Waals surface area contributed by atoms with Crippen LogP contribution in [0, 0.1) is 0 Å². The third kappa shape index (κ3) is 2.86. The average molecular weight is 267 g/mol. The van der Waals surface area contributed by atoms with Crippen molar-refractivity contribution < 1.29 is 5.11 Å². The number of aliphatic hydroxyl groups is 1. The molecule has 1 atom stereocenters. The van der Waals surface area contributed by atoms with Gasteiger partial charge in [0.05, 0.1) is 0 Å². The van der Waals surface area contributed by atoms with E-state index in [0.29, 0.717) is 0 Å². The van der Waals surface area contributed by atoms with Crippen molar-refractivity contribution >= 4 is 5.69 Å². The minimum Gasteiger partial charge on any atom is -0.384 e. The van der Waals surface area contributed by atoms with Crippen molar-refractivity contribution in [2.75, 3.05) is 18.0 Å². The van der Waals surface area contributed by atoms with Crippen LogP contribution in [0.25, 0.3) is 0 Å². The number of aliphatic hydroxyl groups excluding tert-OH is 1. The highest BCUT2D eigenvalue weighted by molar-refractivity contribution is 5.49. The molecular weight excluding hydrogens is 246 g/mol. The van der Waals surface area contributed by atoms with Gasteiger partial charge in [-0.2, -0.15) is 0 Å². The van der Waals surface area contributed by atoms with Gasteiger partial charge in [-0.3, -0.25) is 0 Å². The van der Waals surface area contributed by atoms with Gasteiger partial charge in [0.25, 0.3) is 0 Å². The summed E-state index contributed by atoms with van der Waals surface area (Å²) < 4.78 is 0. The highest BCUT2D eigenvalue weighted by atomic mass is 16.3. The molecule has 0 aromatic heterocycles. The first-order valence-corrected chi connectivity index (χ1v) is 7.42. The zero-order valence-corrected chi connectivity index (χ0v) is 11.7. The van der Waals surface area contributed by atoms with Crippen LogP contribution < -0.4 is 4.90 Å². The predicted octanol–water partition coefficient (Wildman–Crippen LogP) is 3.76. The molecule has 0 spiro atoms. The Morgan fingerprint density at radius 1 is 0.750 bits per heavy atom. The molecule has 20 heavy (non-hydrogen) atoms. The number of hydrogen-bond acceptors (Lipinski definition) is 2. The fourth-order valence-corrected chi connectivity index (χ4v) is 2.85. The molecule has 104 valence electrons. The fourth-order valence-electron chi connectivity index (χ4n) is 2.85. The van der Waals surface area contributed by atoms with Crippen molar-refractivity contribution in [3.05, 3.63) is 65.7 Å². The van der Waals surface area contributed by atoms with Crippen molar-refractivity contribution in [3.63, 3.8) is 0 Å². The minimum atomic E-state index is -0.536. The summed E-state index contributed by atoms with van der Waals surface area (Å²) >= 11 is 0. The molecule has 1 unspecified atom stereocenters. The van der Waals surface area contributed by atoms with Gasteiger partial charge in [0.1, 0.15) is 6.10 Å². The number of benzene rings is 2. The molecule has 3 rings (SSSR count). The Balaban J connectivity index is 1.75. The van der Waals surface area contributed by atoms with E-state index in [4.69, 9.17) is 0 Å². The Kier molecular flexibility index (Phi) is 4.03. The van der Waals surface area contributed by atoms with Gasteiger partial charge >= 0.3 is 0 Å². The van der Waals surface area contributed by atoms with E-state index in [1.165, 1.54) is 24.9 Å². The largest absolute Gasteiger partial charge is 0.384 e. The standard InChI is InChI=1S/C18H21NO/c20-18(15-7-3-1-4-8-15)16-9-11-17(12-10-16)19-13-5-2-6-14-19/h1,3-4,7-12,18,20H,2,5-6,13-14H2. The molecule has 0 saturated carbocycles. The van der Waals surface area contributed by atoms with E-state index in [0.717, 1.165) is 24.2 Å². The van der Waals surface area contributed by atoms with Gasteiger partial charge in [0.15, 0.2) is 0 Å². The number of nitrogens with zero attached hydrogens (tertiary/aromatic N) is 1. The maximum atomic E-state index is 10.4. The number of anilines is 1. The van der Waals surface area contributed by atoms with Gasteiger partial charge < -0.3 is 10.0 Å². The molecule has 1 aliphatic heterocycles. The first-order chi connectivity index (χ1) is 9.84. The third-order valence-corrected chi connectivity index (χ3v) is 4.05. The van der Waals surface area contributed by atoms with E-state index in [-0.39, 0.29) is 0 Å². The maximum absolute atomic E-state index is 10.4. The van der Waals surface area contributed by atoms with Crippen LogP contribution in [0.2, 0.25) is 0 Å². The molecule has 1 N–H and O–H groups in total. The van der Waals surface area contributed by atoms with Crippen LogP contribution in [-0.2, 0) is 0 Å². The second-order valence-electron chi connectivity index (χ2n) is 5.45. The van der Waals surface area contributed by atoms with Crippen molar-refractivity contribution in [1.82, 2.24) is 0 Å². The molecule has 1 heterocycles. The number of rotatable bonds is 3. The highest BCUT2D eigenvalue weighted by Gasteiger charge is 2.13. The molecule has 2 aromatic carbocycles. The van der Waals surface area contributed by atoms with Crippen LogP contribution in [0.1, 0.15) is 36.5 Å². The zero-order valence-electron chi connectivity index (χ0n) is 11.7. The molecule has 2 nitrogen and oxygen atoms in total. The van der Waals surface area contributed by atoms with Crippen LogP contribution in [-0.4, -0.2) is 18.2 Å². The predicted molar refractivity (Wildman–Crippen MR) is 83.0 cm³/mol. The maximum Gasteiger partial charge on any atom is 0.104 e. The second-order valence-corrected chi connectivity index (χ2v) is 5.45. The summed E-state index contributed by atoms with van der Waals surface area (Å²) in [7, 11) is 0. The second kappa shape index (κ2) is 6.10. The molecule has 0 bridgehead atoms. The van der Waals surface area contributed by atoms with Gasteiger partial charge in [-0.05, 0) is 42.5 Å². The van der Waals surface area contributed by atoms with Crippen molar-refractivity contribution in [1.29, 1.82) is 0 Å². The molecule has 0 amide bonds. The smallest absolute Gasteiger partial charge is 0.104 e. The minimum absolute atomic E-state index is 0.536.